The highest BCUT2D eigenvalue weighted by Crippen LogP contribution is 2.47. The van der Waals surface area contributed by atoms with Gasteiger partial charge in [-0.3, -0.25) is 9.69 Å². The molecule has 0 amide bonds. The van der Waals surface area contributed by atoms with Crippen molar-refractivity contribution in [3.05, 3.63) is 71.3 Å². The van der Waals surface area contributed by atoms with E-state index in [9.17, 15) is 9.90 Å². The summed E-state index contributed by atoms with van der Waals surface area (Å²) in [5, 5.41) is 9.90. The summed E-state index contributed by atoms with van der Waals surface area (Å²) in [6.45, 7) is 0.958. The topological polar surface area (TPSA) is 40.5 Å². The molecule has 2 fully saturated rings. The lowest BCUT2D eigenvalue weighted by molar-refractivity contribution is -0.120. The summed E-state index contributed by atoms with van der Waals surface area (Å²) >= 11 is 0. The maximum atomic E-state index is 13.1. The molecule has 3 heteroatoms. The Labute approximate surface area is 148 Å². The summed E-state index contributed by atoms with van der Waals surface area (Å²) in [6.07, 6.45) is 4.46. The van der Waals surface area contributed by atoms with Crippen molar-refractivity contribution in [1.82, 2.24) is 4.90 Å². The Bertz CT molecular complexity index is 827. The van der Waals surface area contributed by atoms with Crippen molar-refractivity contribution in [3.63, 3.8) is 0 Å². The predicted octanol–water partition coefficient (Wildman–Crippen LogP) is 3.78. The number of aromatic hydroxyl groups is 1. The van der Waals surface area contributed by atoms with Crippen molar-refractivity contribution >= 4 is 11.9 Å². The number of hydrogen-bond acceptors (Lipinski definition) is 3. The van der Waals surface area contributed by atoms with Crippen LogP contribution in [-0.4, -0.2) is 35.4 Å². The van der Waals surface area contributed by atoms with Gasteiger partial charge in [0.2, 0.25) is 0 Å². The van der Waals surface area contributed by atoms with E-state index < -0.39 is 0 Å². The van der Waals surface area contributed by atoms with Crippen LogP contribution in [0.4, 0.5) is 0 Å². The Morgan fingerprint density at radius 2 is 1.96 bits per heavy atom. The number of benzene rings is 2. The number of carbonyl (C=O) groups excluding carboxylic acids is 1. The van der Waals surface area contributed by atoms with E-state index >= 15 is 0 Å². The van der Waals surface area contributed by atoms with Crippen molar-refractivity contribution in [1.29, 1.82) is 0 Å². The van der Waals surface area contributed by atoms with Crippen molar-refractivity contribution in [3.8, 4) is 5.75 Å². The lowest BCUT2D eigenvalue weighted by Crippen LogP contribution is -2.53. The minimum atomic E-state index is -0.152. The molecule has 1 N–H and O–H groups in total. The Kier molecular flexibility index (Phi) is 3.97. The third kappa shape index (κ3) is 2.89. The van der Waals surface area contributed by atoms with Gasteiger partial charge in [0, 0.05) is 23.5 Å². The van der Waals surface area contributed by atoms with Gasteiger partial charge >= 0.3 is 0 Å². The van der Waals surface area contributed by atoms with Gasteiger partial charge in [-0.2, -0.15) is 0 Å². The normalized spacial score (nSPS) is 28.3. The molecule has 2 atom stereocenters. The molecule has 4 rings (SSSR count). The fraction of sp³-hybridized carbons (Fsp3) is 0.318. The molecular weight excluding hydrogens is 310 g/mol. The zero-order valence-electron chi connectivity index (χ0n) is 14.5. The number of likely N-dealkylation sites (tertiary alicyclic amines) is 1. The smallest absolute Gasteiger partial charge is 0.161 e. The Balaban J connectivity index is 1.74. The first-order valence-corrected chi connectivity index (χ1v) is 8.87. The van der Waals surface area contributed by atoms with E-state index in [-0.39, 0.29) is 23.0 Å². The van der Waals surface area contributed by atoms with Gasteiger partial charge in [-0.1, -0.05) is 42.5 Å². The zero-order valence-corrected chi connectivity index (χ0v) is 14.5. The number of fused-ring (bicyclic) bond motifs is 2. The second kappa shape index (κ2) is 6.16. The summed E-state index contributed by atoms with van der Waals surface area (Å²) in [5.41, 5.74) is 2.94. The van der Waals surface area contributed by atoms with E-state index in [1.165, 1.54) is 0 Å². The summed E-state index contributed by atoms with van der Waals surface area (Å²) in [5.74, 6) is 0.510. The van der Waals surface area contributed by atoms with Crippen LogP contribution >= 0.6 is 0 Å². The largest absolute Gasteiger partial charge is 0.508 e. The number of nitrogens with zero attached hydrogens (tertiary/aromatic N) is 1. The number of rotatable bonds is 2. The Morgan fingerprint density at radius 3 is 2.72 bits per heavy atom. The average molecular weight is 333 g/mol. The van der Waals surface area contributed by atoms with Gasteiger partial charge in [-0.05, 0) is 55.8 Å². The van der Waals surface area contributed by atoms with Gasteiger partial charge in [0.25, 0.3) is 0 Å². The van der Waals surface area contributed by atoms with Crippen LogP contribution in [0.1, 0.15) is 30.4 Å². The molecule has 0 unspecified atom stereocenters. The van der Waals surface area contributed by atoms with Crippen LogP contribution in [0.2, 0.25) is 0 Å². The van der Waals surface area contributed by atoms with E-state index in [1.807, 2.05) is 42.5 Å². The van der Waals surface area contributed by atoms with Crippen LogP contribution in [0.25, 0.3) is 6.08 Å². The number of phenols is 1. The number of phenolic OH excluding ortho intramolecular Hbond substituents is 1. The molecule has 1 aliphatic heterocycles. The molecule has 1 heterocycles. The summed E-state index contributed by atoms with van der Waals surface area (Å²) in [6, 6.07) is 17.7. The molecule has 0 radical (unpaired) electrons. The van der Waals surface area contributed by atoms with E-state index in [0.29, 0.717) is 6.42 Å². The monoisotopic (exact) mass is 333 g/mol. The van der Waals surface area contributed by atoms with Crippen LogP contribution in [0.3, 0.4) is 0 Å². The number of likely N-dealkylation sites (N-methyl/N-ethyl adjacent to an activating group) is 1. The highest BCUT2D eigenvalue weighted by atomic mass is 16.3. The molecular formula is C22H23NO2. The highest BCUT2D eigenvalue weighted by molar-refractivity contribution is 6.02. The standard InChI is InChI=1S/C22H23NO2/c1-23-11-10-22(17-8-5-9-18(24)13-17)14-20(23)19(21(25)15-22)12-16-6-3-2-4-7-16/h2-9,12-13,20,24H,10-11,14-15H2,1H3/b19-12-/t20-,22-/m0/s1. The fourth-order valence-corrected chi connectivity index (χ4v) is 4.38. The van der Waals surface area contributed by atoms with Gasteiger partial charge < -0.3 is 5.11 Å². The molecule has 128 valence electrons. The zero-order chi connectivity index (χ0) is 17.4. The summed E-state index contributed by atoms with van der Waals surface area (Å²) in [4.78, 5) is 15.4. The molecule has 25 heavy (non-hydrogen) atoms. The third-order valence-electron chi connectivity index (χ3n) is 5.82. The summed E-state index contributed by atoms with van der Waals surface area (Å²) < 4.78 is 0. The second-order valence-electron chi connectivity index (χ2n) is 7.39. The van der Waals surface area contributed by atoms with Gasteiger partial charge in [-0.15, -0.1) is 0 Å². The lowest BCUT2D eigenvalue weighted by Gasteiger charge is -2.50. The van der Waals surface area contributed by atoms with E-state index in [1.54, 1.807) is 6.07 Å². The van der Waals surface area contributed by atoms with Crippen LogP contribution in [0.15, 0.2) is 60.2 Å². The maximum absolute atomic E-state index is 13.1. The third-order valence-corrected chi connectivity index (χ3v) is 5.82. The van der Waals surface area contributed by atoms with Crippen LogP contribution in [-0.2, 0) is 10.2 Å². The van der Waals surface area contributed by atoms with Gasteiger partial charge in [0.15, 0.2) is 5.78 Å². The van der Waals surface area contributed by atoms with E-state index in [2.05, 4.69) is 24.1 Å². The summed E-state index contributed by atoms with van der Waals surface area (Å²) in [7, 11) is 2.11. The van der Waals surface area contributed by atoms with Gasteiger partial charge in [0.1, 0.15) is 5.75 Å². The van der Waals surface area contributed by atoms with Crippen molar-refractivity contribution in [2.24, 2.45) is 0 Å². The second-order valence-corrected chi connectivity index (χ2v) is 7.39. The molecule has 0 aromatic heterocycles. The van der Waals surface area contributed by atoms with Crippen LogP contribution in [0, 0.1) is 0 Å². The van der Waals surface area contributed by atoms with Crippen molar-refractivity contribution in [2.75, 3.05) is 13.6 Å². The highest BCUT2D eigenvalue weighted by Gasteiger charge is 2.48. The van der Waals surface area contributed by atoms with Gasteiger partial charge in [-0.25, -0.2) is 0 Å². The first kappa shape index (κ1) is 16.1. The molecule has 3 nitrogen and oxygen atoms in total. The van der Waals surface area contributed by atoms with Crippen LogP contribution < -0.4 is 0 Å². The minimum absolute atomic E-state index is 0.137. The maximum Gasteiger partial charge on any atom is 0.161 e. The number of carbonyl (C=O) groups is 1. The first-order chi connectivity index (χ1) is 12.1. The number of ketones is 1. The van der Waals surface area contributed by atoms with Crippen LogP contribution in [0.5, 0.6) is 5.75 Å². The lowest BCUT2D eigenvalue weighted by atomic mass is 9.61. The molecule has 2 aromatic carbocycles. The molecule has 2 bridgehead atoms. The Morgan fingerprint density at radius 1 is 1.16 bits per heavy atom. The van der Waals surface area contributed by atoms with E-state index in [0.717, 1.165) is 36.1 Å². The molecule has 2 aliphatic rings. The molecule has 2 aromatic rings. The quantitative estimate of drug-likeness (QED) is 0.850. The first-order valence-electron chi connectivity index (χ1n) is 8.87. The predicted molar refractivity (Wildman–Crippen MR) is 99.5 cm³/mol. The number of piperidine rings is 1. The SMILES string of the molecule is CN1CC[C@@]2(c3cccc(O)c3)CC(=O)/C(=C\c3ccccc3)[C@@H]1C2. The molecule has 1 aliphatic carbocycles. The fourth-order valence-electron chi connectivity index (χ4n) is 4.38. The minimum Gasteiger partial charge on any atom is -0.508 e. The van der Waals surface area contributed by atoms with Crippen molar-refractivity contribution in [2.45, 2.75) is 30.7 Å². The molecule has 1 saturated heterocycles. The Hall–Kier alpha value is -2.39. The number of hydrogen-bond donors (Lipinski definition) is 1. The molecule has 0 spiro atoms. The number of Topliss-reactive ketones (excluding diaryl/α,β-unsaturated/α-hetero) is 1. The van der Waals surface area contributed by atoms with E-state index in [4.69, 9.17) is 0 Å². The average Bonchev–Trinajstić information content (AvgIpc) is 2.62. The van der Waals surface area contributed by atoms with Gasteiger partial charge in [0.05, 0.1) is 0 Å². The molecule has 1 saturated carbocycles. The van der Waals surface area contributed by atoms with Crippen molar-refractivity contribution < 1.29 is 9.90 Å².